The number of furan rings is 1. The molecule has 4 saturated carbocycles. The van der Waals surface area contributed by atoms with Gasteiger partial charge in [0.25, 0.3) is 0 Å². The van der Waals surface area contributed by atoms with Gasteiger partial charge in [0.1, 0.15) is 11.2 Å². The number of benzene rings is 6. The van der Waals surface area contributed by atoms with E-state index >= 15 is 0 Å². The van der Waals surface area contributed by atoms with Gasteiger partial charge in [-0.2, -0.15) is 0 Å². The van der Waals surface area contributed by atoms with Gasteiger partial charge in [0, 0.05) is 38.7 Å². The van der Waals surface area contributed by atoms with E-state index in [-0.39, 0.29) is 5.41 Å². The topological polar surface area (TPSA) is 18.1 Å². The summed E-state index contributed by atoms with van der Waals surface area (Å²) in [5.41, 5.74) is 14.4. The summed E-state index contributed by atoms with van der Waals surface area (Å²) in [6, 6.07) is 47.8. The first-order valence-electron chi connectivity index (χ1n) is 17.9. The summed E-state index contributed by atoms with van der Waals surface area (Å²) in [6.07, 6.45) is 7.18. The summed E-state index contributed by atoms with van der Waals surface area (Å²) in [4.78, 5) is 0. The summed E-state index contributed by atoms with van der Waals surface area (Å²) in [6.45, 7) is 0. The van der Waals surface area contributed by atoms with E-state index < -0.39 is 0 Å². The molecule has 48 heavy (non-hydrogen) atoms. The van der Waals surface area contributed by atoms with Crippen molar-refractivity contribution in [2.75, 3.05) is 0 Å². The maximum Gasteiger partial charge on any atom is 0.137 e. The molecule has 2 heteroatoms. The highest BCUT2D eigenvalue weighted by molar-refractivity contribution is 6.11. The molecule has 2 aromatic heterocycles. The Balaban J connectivity index is 1.02. The third kappa shape index (κ3) is 3.19. The van der Waals surface area contributed by atoms with E-state index in [1.54, 1.807) is 11.1 Å². The smallest absolute Gasteiger partial charge is 0.137 e. The standard InChI is InChI=1S/C46H35NO/c1-4-10-40-34(7-1)38-24-29(13-17-41(38)46(40)31-20-27-19-28(22-31)23-32(46)21-27)30-14-18-43-39(25-30)35-8-2-5-11-42(35)47(43)33-15-16-37-36-9-3-6-12-44(36)48-45(37)26-33/h1-18,24-28,31-32H,19-23H2. The Morgan fingerprint density at radius 1 is 0.479 bits per heavy atom. The minimum Gasteiger partial charge on any atom is -0.456 e. The van der Waals surface area contributed by atoms with Crippen LogP contribution in [-0.2, 0) is 5.41 Å². The van der Waals surface area contributed by atoms with Crippen LogP contribution in [0.15, 0.2) is 132 Å². The molecule has 6 aromatic carbocycles. The molecule has 4 bridgehead atoms. The van der Waals surface area contributed by atoms with Crippen molar-refractivity contribution in [1.29, 1.82) is 0 Å². The normalized spacial score (nSPS) is 25.2. The van der Waals surface area contributed by atoms with E-state index in [9.17, 15) is 0 Å². The van der Waals surface area contributed by atoms with E-state index in [0.29, 0.717) is 0 Å². The second-order valence-corrected chi connectivity index (χ2v) is 15.3. The largest absolute Gasteiger partial charge is 0.456 e. The maximum absolute atomic E-state index is 6.31. The molecule has 0 radical (unpaired) electrons. The Bertz CT molecular complexity index is 2620. The SMILES string of the molecule is c1ccc2c(c1)-c1cc(-c3ccc4c(c3)c3ccccc3n4-c3ccc4c(c3)oc3ccccc34)ccc1C21C2CC3CC(C2)CC1C3. The average molecular weight is 618 g/mol. The van der Waals surface area contributed by atoms with Crippen LogP contribution in [0.4, 0.5) is 0 Å². The lowest BCUT2D eigenvalue weighted by molar-refractivity contribution is -0.0399. The van der Waals surface area contributed by atoms with E-state index in [1.165, 1.54) is 76.2 Å². The number of para-hydroxylation sites is 2. The Hall–Kier alpha value is -5.08. The minimum atomic E-state index is 0.218. The molecule has 5 aliphatic carbocycles. The fourth-order valence-corrected chi connectivity index (χ4v) is 11.6. The lowest BCUT2D eigenvalue weighted by Crippen LogP contribution is -2.55. The van der Waals surface area contributed by atoms with Crippen molar-refractivity contribution >= 4 is 43.7 Å². The third-order valence-corrected chi connectivity index (χ3v) is 13.2. The van der Waals surface area contributed by atoms with E-state index in [2.05, 4.69) is 126 Å². The third-order valence-electron chi connectivity index (χ3n) is 13.2. The number of nitrogens with zero attached hydrogens (tertiary/aromatic N) is 1. The number of aromatic nitrogens is 1. The van der Waals surface area contributed by atoms with Crippen molar-refractivity contribution in [2.24, 2.45) is 23.7 Å². The van der Waals surface area contributed by atoms with Crippen LogP contribution in [0.2, 0.25) is 0 Å². The highest BCUT2D eigenvalue weighted by atomic mass is 16.3. The molecule has 4 fully saturated rings. The Morgan fingerprint density at radius 2 is 1.15 bits per heavy atom. The molecule has 0 saturated heterocycles. The first-order valence-corrected chi connectivity index (χ1v) is 17.9. The molecule has 0 unspecified atom stereocenters. The highest BCUT2D eigenvalue weighted by Crippen LogP contribution is 2.69. The van der Waals surface area contributed by atoms with Crippen molar-refractivity contribution in [3.63, 3.8) is 0 Å². The maximum atomic E-state index is 6.31. The summed E-state index contributed by atoms with van der Waals surface area (Å²) in [7, 11) is 0. The van der Waals surface area contributed by atoms with Crippen molar-refractivity contribution < 1.29 is 4.42 Å². The van der Waals surface area contributed by atoms with Crippen LogP contribution in [0.5, 0.6) is 0 Å². The Labute approximate surface area is 279 Å². The Morgan fingerprint density at radius 3 is 2.02 bits per heavy atom. The summed E-state index contributed by atoms with van der Waals surface area (Å²) in [5, 5.41) is 4.88. The fourth-order valence-electron chi connectivity index (χ4n) is 11.6. The predicted octanol–water partition coefficient (Wildman–Crippen LogP) is 12.1. The van der Waals surface area contributed by atoms with Gasteiger partial charge >= 0.3 is 0 Å². The number of rotatable bonds is 2. The molecule has 8 aromatic rings. The molecule has 13 rings (SSSR count). The van der Waals surface area contributed by atoms with Gasteiger partial charge in [-0.25, -0.2) is 0 Å². The lowest BCUT2D eigenvalue weighted by atomic mass is 9.43. The average Bonchev–Trinajstić information content (AvgIpc) is 3.76. The van der Waals surface area contributed by atoms with Gasteiger partial charge in [-0.15, -0.1) is 0 Å². The zero-order valence-corrected chi connectivity index (χ0v) is 26.8. The molecule has 0 aliphatic heterocycles. The first-order chi connectivity index (χ1) is 23.7. The summed E-state index contributed by atoms with van der Waals surface area (Å²) >= 11 is 0. The van der Waals surface area contributed by atoms with Gasteiger partial charge in [0.15, 0.2) is 0 Å². The van der Waals surface area contributed by atoms with Crippen LogP contribution >= 0.6 is 0 Å². The molecule has 0 N–H and O–H groups in total. The minimum absolute atomic E-state index is 0.218. The van der Waals surface area contributed by atoms with E-state index in [4.69, 9.17) is 4.42 Å². The highest BCUT2D eigenvalue weighted by Gasteiger charge is 2.61. The van der Waals surface area contributed by atoms with Crippen LogP contribution in [0.3, 0.4) is 0 Å². The molecular formula is C46H35NO. The molecule has 1 spiro atoms. The van der Waals surface area contributed by atoms with Crippen LogP contribution in [0.1, 0.15) is 43.2 Å². The zero-order chi connectivity index (χ0) is 31.1. The van der Waals surface area contributed by atoms with Gasteiger partial charge < -0.3 is 8.98 Å². The van der Waals surface area contributed by atoms with Gasteiger partial charge in [0.05, 0.1) is 11.0 Å². The van der Waals surface area contributed by atoms with Gasteiger partial charge in [-0.05, 0) is 132 Å². The lowest BCUT2D eigenvalue weighted by Gasteiger charge is -2.61. The number of hydrogen-bond acceptors (Lipinski definition) is 1. The van der Waals surface area contributed by atoms with Crippen molar-refractivity contribution in [2.45, 2.75) is 37.5 Å². The summed E-state index contributed by atoms with van der Waals surface area (Å²) < 4.78 is 8.71. The molecule has 2 nitrogen and oxygen atoms in total. The molecule has 0 amide bonds. The van der Waals surface area contributed by atoms with Crippen molar-refractivity contribution in [1.82, 2.24) is 4.57 Å². The van der Waals surface area contributed by atoms with Gasteiger partial charge in [0.2, 0.25) is 0 Å². The second-order valence-electron chi connectivity index (χ2n) is 15.3. The van der Waals surface area contributed by atoms with Gasteiger partial charge in [-0.3, -0.25) is 0 Å². The van der Waals surface area contributed by atoms with Crippen LogP contribution in [-0.4, -0.2) is 4.57 Å². The Kier molecular flexibility index (Phi) is 4.91. The van der Waals surface area contributed by atoms with E-state index in [0.717, 1.165) is 51.3 Å². The second kappa shape index (κ2) is 9.08. The molecule has 5 aliphatic rings. The van der Waals surface area contributed by atoms with Crippen LogP contribution in [0.25, 0.3) is 71.7 Å². The van der Waals surface area contributed by atoms with Crippen molar-refractivity contribution in [3.05, 3.63) is 139 Å². The number of fused-ring (bicyclic) bond motifs is 9. The van der Waals surface area contributed by atoms with E-state index in [1.807, 2.05) is 6.07 Å². The molecular weight excluding hydrogens is 583 g/mol. The quantitative estimate of drug-likeness (QED) is 0.189. The molecule has 2 heterocycles. The fraction of sp³-hybridized carbons (Fsp3) is 0.217. The number of hydrogen-bond donors (Lipinski definition) is 0. The predicted molar refractivity (Wildman–Crippen MR) is 197 cm³/mol. The van der Waals surface area contributed by atoms with Crippen molar-refractivity contribution in [3.8, 4) is 27.9 Å². The monoisotopic (exact) mass is 617 g/mol. The molecule has 0 atom stereocenters. The van der Waals surface area contributed by atoms with Crippen LogP contribution in [0, 0.1) is 23.7 Å². The summed E-state index contributed by atoms with van der Waals surface area (Å²) in [5.74, 6) is 3.51. The van der Waals surface area contributed by atoms with Gasteiger partial charge in [-0.1, -0.05) is 78.9 Å². The first kappa shape index (κ1) is 25.9. The zero-order valence-electron chi connectivity index (χ0n) is 26.8. The van der Waals surface area contributed by atoms with Crippen LogP contribution < -0.4 is 0 Å². The molecule has 230 valence electrons.